The van der Waals surface area contributed by atoms with Crippen LogP contribution in [0.1, 0.15) is 23.7 Å². The van der Waals surface area contributed by atoms with Crippen molar-refractivity contribution in [2.45, 2.75) is 33.2 Å². The van der Waals surface area contributed by atoms with E-state index < -0.39 is 0 Å². The van der Waals surface area contributed by atoms with Crippen molar-refractivity contribution in [1.29, 1.82) is 0 Å². The Balaban J connectivity index is 1.55. The van der Waals surface area contributed by atoms with Gasteiger partial charge in [-0.05, 0) is 26.2 Å². The van der Waals surface area contributed by atoms with Crippen molar-refractivity contribution in [1.82, 2.24) is 19.4 Å². The quantitative estimate of drug-likeness (QED) is 0.943. The molecular formula is C15H21N5O2. The highest BCUT2D eigenvalue weighted by atomic mass is 16.4. The SMILES string of the molecule is Cc1nc(NC(=O)N(C)CC2CCc3nccn3C2)oc1C. The number of hydrogen-bond donors (Lipinski definition) is 1. The van der Waals surface area contributed by atoms with Gasteiger partial charge in [0.2, 0.25) is 0 Å². The summed E-state index contributed by atoms with van der Waals surface area (Å²) in [6.07, 6.45) is 5.85. The van der Waals surface area contributed by atoms with E-state index in [0.717, 1.165) is 36.7 Å². The van der Waals surface area contributed by atoms with E-state index >= 15 is 0 Å². The molecule has 0 saturated heterocycles. The zero-order valence-electron chi connectivity index (χ0n) is 13.2. The van der Waals surface area contributed by atoms with E-state index in [1.165, 1.54) is 0 Å². The first kappa shape index (κ1) is 14.6. The molecule has 0 aliphatic carbocycles. The normalized spacial score (nSPS) is 17.1. The molecule has 0 radical (unpaired) electrons. The maximum atomic E-state index is 12.2. The Labute approximate surface area is 129 Å². The first-order valence-corrected chi connectivity index (χ1v) is 7.49. The third-order valence-electron chi connectivity index (χ3n) is 4.15. The average molecular weight is 303 g/mol. The van der Waals surface area contributed by atoms with E-state index in [4.69, 9.17) is 4.42 Å². The number of hydrogen-bond acceptors (Lipinski definition) is 4. The Morgan fingerprint density at radius 3 is 3.09 bits per heavy atom. The van der Waals surface area contributed by atoms with Crippen LogP contribution in [0.4, 0.5) is 10.8 Å². The summed E-state index contributed by atoms with van der Waals surface area (Å²) in [5.74, 6) is 2.29. The van der Waals surface area contributed by atoms with Gasteiger partial charge in [0.05, 0.1) is 5.69 Å². The molecule has 3 heterocycles. The molecule has 2 aromatic rings. The molecule has 0 fully saturated rings. The van der Waals surface area contributed by atoms with Crippen LogP contribution in [0.15, 0.2) is 16.8 Å². The predicted octanol–water partition coefficient (Wildman–Crippen LogP) is 2.21. The summed E-state index contributed by atoms with van der Waals surface area (Å²) in [5.41, 5.74) is 0.790. The van der Waals surface area contributed by atoms with Crippen molar-refractivity contribution < 1.29 is 9.21 Å². The highest BCUT2D eigenvalue weighted by molar-refractivity contribution is 5.86. The van der Waals surface area contributed by atoms with Crippen LogP contribution in [0.5, 0.6) is 0 Å². The van der Waals surface area contributed by atoms with Crippen molar-refractivity contribution in [3.8, 4) is 0 Å². The second-order valence-corrected chi connectivity index (χ2v) is 5.87. The van der Waals surface area contributed by atoms with Crippen molar-refractivity contribution >= 4 is 12.0 Å². The highest BCUT2D eigenvalue weighted by Gasteiger charge is 2.22. The molecule has 1 N–H and O–H groups in total. The molecule has 0 spiro atoms. The summed E-state index contributed by atoms with van der Waals surface area (Å²) >= 11 is 0. The van der Waals surface area contributed by atoms with E-state index in [0.29, 0.717) is 12.5 Å². The van der Waals surface area contributed by atoms with Gasteiger partial charge in [-0.15, -0.1) is 0 Å². The molecule has 0 aromatic carbocycles. The lowest BCUT2D eigenvalue weighted by Gasteiger charge is -2.27. The van der Waals surface area contributed by atoms with Crippen molar-refractivity contribution in [2.24, 2.45) is 5.92 Å². The lowest BCUT2D eigenvalue weighted by atomic mass is 9.99. The van der Waals surface area contributed by atoms with Crippen molar-refractivity contribution in [2.75, 3.05) is 18.9 Å². The number of carbonyl (C=O) groups excluding carboxylic acids is 1. The first-order valence-electron chi connectivity index (χ1n) is 7.49. The molecule has 0 saturated carbocycles. The second kappa shape index (κ2) is 5.82. The molecule has 2 amide bonds. The molecule has 1 aliphatic heterocycles. The molecule has 1 aliphatic rings. The molecule has 7 nitrogen and oxygen atoms in total. The van der Waals surface area contributed by atoms with Crippen LogP contribution in [0, 0.1) is 19.8 Å². The fourth-order valence-electron chi connectivity index (χ4n) is 2.77. The maximum Gasteiger partial charge on any atom is 0.325 e. The number of imidazole rings is 1. The van der Waals surface area contributed by atoms with E-state index in [9.17, 15) is 4.79 Å². The van der Waals surface area contributed by atoms with Gasteiger partial charge < -0.3 is 13.9 Å². The number of carbonyl (C=O) groups is 1. The van der Waals surface area contributed by atoms with Crippen LogP contribution >= 0.6 is 0 Å². The third-order valence-corrected chi connectivity index (χ3v) is 4.15. The summed E-state index contributed by atoms with van der Waals surface area (Å²) in [6, 6.07) is 0.0602. The van der Waals surface area contributed by atoms with Crippen LogP contribution < -0.4 is 5.32 Å². The zero-order valence-corrected chi connectivity index (χ0v) is 13.2. The van der Waals surface area contributed by atoms with Crippen LogP contribution in [-0.2, 0) is 13.0 Å². The van der Waals surface area contributed by atoms with Gasteiger partial charge in [-0.3, -0.25) is 5.32 Å². The minimum atomic E-state index is -0.197. The number of aromatic nitrogens is 3. The van der Waals surface area contributed by atoms with E-state index in [2.05, 4.69) is 19.9 Å². The van der Waals surface area contributed by atoms with Crippen LogP contribution in [0.25, 0.3) is 0 Å². The molecule has 0 bridgehead atoms. The lowest BCUT2D eigenvalue weighted by Crippen LogP contribution is -2.37. The maximum absolute atomic E-state index is 12.2. The van der Waals surface area contributed by atoms with Gasteiger partial charge in [0.1, 0.15) is 11.6 Å². The van der Waals surface area contributed by atoms with Gasteiger partial charge in [0.15, 0.2) is 0 Å². The fraction of sp³-hybridized carbons (Fsp3) is 0.533. The number of urea groups is 1. The topological polar surface area (TPSA) is 76.2 Å². The summed E-state index contributed by atoms with van der Waals surface area (Å²) < 4.78 is 7.55. The number of anilines is 1. The van der Waals surface area contributed by atoms with Gasteiger partial charge in [0, 0.05) is 39.0 Å². The molecule has 1 atom stereocenters. The number of oxazole rings is 1. The van der Waals surface area contributed by atoms with Gasteiger partial charge in [-0.2, -0.15) is 4.98 Å². The summed E-state index contributed by atoms with van der Waals surface area (Å²) in [4.78, 5) is 22.4. The Morgan fingerprint density at radius 2 is 2.36 bits per heavy atom. The van der Waals surface area contributed by atoms with Crippen LogP contribution in [0.3, 0.4) is 0 Å². The first-order chi connectivity index (χ1) is 10.5. The molecular weight excluding hydrogens is 282 g/mol. The van der Waals surface area contributed by atoms with Crippen molar-refractivity contribution in [3.05, 3.63) is 29.7 Å². The average Bonchev–Trinajstić information content (AvgIpc) is 3.05. The molecule has 7 heteroatoms. The largest absolute Gasteiger partial charge is 0.428 e. The van der Waals surface area contributed by atoms with Crippen LogP contribution in [0.2, 0.25) is 0 Å². The van der Waals surface area contributed by atoms with Gasteiger partial charge in [-0.1, -0.05) is 0 Å². The minimum Gasteiger partial charge on any atom is -0.428 e. The number of rotatable bonds is 3. The highest BCUT2D eigenvalue weighted by Crippen LogP contribution is 2.20. The number of amides is 2. The summed E-state index contributed by atoms with van der Waals surface area (Å²) in [5, 5.41) is 2.70. The van der Waals surface area contributed by atoms with Crippen molar-refractivity contribution in [3.63, 3.8) is 0 Å². The number of nitrogens with zero attached hydrogens (tertiary/aromatic N) is 4. The molecule has 22 heavy (non-hydrogen) atoms. The predicted molar refractivity (Wildman–Crippen MR) is 81.7 cm³/mol. The van der Waals surface area contributed by atoms with Crippen LogP contribution in [-0.4, -0.2) is 39.1 Å². The Bertz CT molecular complexity index is 656. The lowest BCUT2D eigenvalue weighted by molar-refractivity contribution is 0.204. The van der Waals surface area contributed by atoms with E-state index in [1.54, 1.807) is 11.9 Å². The molecule has 2 aromatic heterocycles. The minimum absolute atomic E-state index is 0.197. The van der Waals surface area contributed by atoms with Gasteiger partial charge in [0.25, 0.3) is 0 Å². The third kappa shape index (κ3) is 2.98. The van der Waals surface area contributed by atoms with E-state index in [1.807, 2.05) is 26.2 Å². The molecule has 1 unspecified atom stereocenters. The molecule has 3 rings (SSSR count). The second-order valence-electron chi connectivity index (χ2n) is 5.87. The number of nitrogens with one attached hydrogen (secondary N) is 1. The summed E-state index contributed by atoms with van der Waals surface area (Å²) in [6.45, 7) is 5.28. The molecule has 118 valence electrons. The summed E-state index contributed by atoms with van der Waals surface area (Å²) in [7, 11) is 1.79. The van der Waals surface area contributed by atoms with Gasteiger partial charge >= 0.3 is 12.0 Å². The Hall–Kier alpha value is -2.31. The van der Waals surface area contributed by atoms with Gasteiger partial charge in [-0.25, -0.2) is 9.78 Å². The fourth-order valence-corrected chi connectivity index (χ4v) is 2.77. The Morgan fingerprint density at radius 1 is 1.55 bits per heavy atom. The number of fused-ring (bicyclic) bond motifs is 1. The smallest absolute Gasteiger partial charge is 0.325 e. The Kier molecular flexibility index (Phi) is 3.87. The zero-order chi connectivity index (χ0) is 15.7. The monoisotopic (exact) mass is 303 g/mol. The number of aryl methyl sites for hydroxylation is 3. The standard InChI is InChI=1S/C15H21N5O2/c1-10-11(2)22-14(17-10)18-15(21)19(3)8-12-4-5-13-16-6-7-20(13)9-12/h6-7,12H,4-5,8-9H2,1-3H3,(H,17,18,21). The van der Waals surface area contributed by atoms with E-state index in [-0.39, 0.29) is 12.0 Å².